The van der Waals surface area contributed by atoms with Crippen LogP contribution in [0, 0.1) is 6.92 Å². The summed E-state index contributed by atoms with van der Waals surface area (Å²) in [6, 6.07) is 14.4. The zero-order valence-corrected chi connectivity index (χ0v) is 16.1. The van der Waals surface area contributed by atoms with E-state index in [-0.39, 0.29) is 18.0 Å². The molecule has 0 spiro atoms. The molecule has 0 atom stereocenters. The molecule has 4 N–H and O–H groups in total. The van der Waals surface area contributed by atoms with Crippen LogP contribution in [0.1, 0.15) is 17.5 Å². The van der Waals surface area contributed by atoms with Gasteiger partial charge in [-0.1, -0.05) is 54.6 Å². The molecule has 0 aliphatic carbocycles. The number of carbonyl (C=O) groups excluding carboxylic acids is 3. The number of nitrogens with one attached hydrogen (secondary N) is 4. The maximum Gasteiger partial charge on any atom is 0.327 e. The van der Waals surface area contributed by atoms with Gasteiger partial charge in [0.2, 0.25) is 5.91 Å². The zero-order valence-electron chi connectivity index (χ0n) is 15.3. The SMILES string of the molecule is C=C(CC(=O)NCc1ccccc1)NNC(=O)C(=O)Nc1ccc(C)c(Cl)c1. The Hall–Kier alpha value is -3.32. The first-order valence-electron chi connectivity index (χ1n) is 8.47. The van der Waals surface area contributed by atoms with Crippen molar-refractivity contribution in [3.63, 3.8) is 0 Å². The number of halogens is 1. The van der Waals surface area contributed by atoms with Gasteiger partial charge in [-0.25, -0.2) is 0 Å². The van der Waals surface area contributed by atoms with E-state index in [9.17, 15) is 14.4 Å². The number of aryl methyl sites for hydroxylation is 1. The number of carbonyl (C=O) groups is 3. The van der Waals surface area contributed by atoms with E-state index < -0.39 is 11.8 Å². The van der Waals surface area contributed by atoms with Crippen LogP contribution < -0.4 is 21.5 Å². The molecule has 0 fully saturated rings. The molecule has 0 unspecified atom stereocenters. The van der Waals surface area contributed by atoms with Gasteiger partial charge in [0, 0.05) is 23.0 Å². The van der Waals surface area contributed by atoms with Gasteiger partial charge in [0.05, 0.1) is 6.42 Å². The fourth-order valence-corrected chi connectivity index (χ4v) is 2.34. The van der Waals surface area contributed by atoms with Gasteiger partial charge in [0.25, 0.3) is 0 Å². The molecule has 146 valence electrons. The Balaban J connectivity index is 1.72. The first kappa shape index (κ1) is 21.0. The van der Waals surface area contributed by atoms with Crippen LogP contribution >= 0.6 is 11.6 Å². The Morgan fingerprint density at radius 3 is 2.39 bits per heavy atom. The second-order valence-electron chi connectivity index (χ2n) is 6.04. The number of rotatable bonds is 7. The minimum absolute atomic E-state index is 0.0533. The fourth-order valence-electron chi connectivity index (χ4n) is 2.16. The van der Waals surface area contributed by atoms with Crippen molar-refractivity contribution >= 4 is 35.0 Å². The Morgan fingerprint density at radius 2 is 1.71 bits per heavy atom. The average molecular weight is 401 g/mol. The summed E-state index contributed by atoms with van der Waals surface area (Å²) in [6.45, 7) is 5.87. The normalized spacial score (nSPS) is 9.93. The molecule has 0 aromatic heterocycles. The summed E-state index contributed by atoms with van der Waals surface area (Å²) in [7, 11) is 0. The van der Waals surface area contributed by atoms with E-state index in [1.807, 2.05) is 37.3 Å². The number of hydrazine groups is 1. The van der Waals surface area contributed by atoms with Gasteiger partial charge >= 0.3 is 11.8 Å². The summed E-state index contributed by atoms with van der Waals surface area (Å²) in [5, 5.41) is 5.64. The lowest BCUT2D eigenvalue weighted by molar-refractivity contribution is -0.136. The topological polar surface area (TPSA) is 99.3 Å². The van der Waals surface area contributed by atoms with Crippen LogP contribution in [0.15, 0.2) is 60.8 Å². The highest BCUT2D eigenvalue weighted by atomic mass is 35.5. The third-order valence-electron chi connectivity index (χ3n) is 3.70. The molecule has 2 rings (SSSR count). The Bertz CT molecular complexity index is 884. The number of anilines is 1. The number of benzene rings is 2. The van der Waals surface area contributed by atoms with Crippen molar-refractivity contribution in [2.75, 3.05) is 5.32 Å². The largest absolute Gasteiger partial charge is 0.352 e. The van der Waals surface area contributed by atoms with Crippen LogP contribution in [-0.4, -0.2) is 17.7 Å². The highest BCUT2D eigenvalue weighted by molar-refractivity contribution is 6.39. The summed E-state index contributed by atoms with van der Waals surface area (Å²) in [5.74, 6) is -2.08. The van der Waals surface area contributed by atoms with Gasteiger partial charge in [-0.05, 0) is 30.2 Å². The highest BCUT2D eigenvalue weighted by Crippen LogP contribution is 2.19. The quantitative estimate of drug-likeness (QED) is 0.423. The van der Waals surface area contributed by atoms with Crippen molar-refractivity contribution in [3.05, 3.63) is 77.0 Å². The third-order valence-corrected chi connectivity index (χ3v) is 4.10. The van der Waals surface area contributed by atoms with Gasteiger partial charge in [-0.15, -0.1) is 0 Å². The maximum atomic E-state index is 11.9. The average Bonchev–Trinajstić information content (AvgIpc) is 2.68. The van der Waals surface area contributed by atoms with E-state index in [4.69, 9.17) is 11.6 Å². The van der Waals surface area contributed by atoms with Crippen LogP contribution in [0.5, 0.6) is 0 Å². The van der Waals surface area contributed by atoms with Crippen molar-refractivity contribution in [2.24, 2.45) is 0 Å². The summed E-state index contributed by atoms with van der Waals surface area (Å²) >= 11 is 5.98. The summed E-state index contributed by atoms with van der Waals surface area (Å²) in [5.41, 5.74) is 7.11. The van der Waals surface area contributed by atoms with Crippen LogP contribution in [0.4, 0.5) is 5.69 Å². The molecular weight excluding hydrogens is 380 g/mol. The fraction of sp³-hybridized carbons (Fsp3) is 0.150. The smallest absolute Gasteiger partial charge is 0.327 e. The maximum absolute atomic E-state index is 11.9. The highest BCUT2D eigenvalue weighted by Gasteiger charge is 2.14. The molecule has 0 aliphatic rings. The van der Waals surface area contributed by atoms with Gasteiger partial charge in [0.1, 0.15) is 0 Å². The van der Waals surface area contributed by atoms with Crippen molar-refractivity contribution < 1.29 is 14.4 Å². The zero-order chi connectivity index (χ0) is 20.5. The molecule has 3 amide bonds. The van der Waals surface area contributed by atoms with Crippen molar-refractivity contribution in [1.29, 1.82) is 0 Å². The predicted molar refractivity (Wildman–Crippen MR) is 108 cm³/mol. The molecule has 8 heteroatoms. The lowest BCUT2D eigenvalue weighted by Crippen LogP contribution is -2.43. The summed E-state index contributed by atoms with van der Waals surface area (Å²) < 4.78 is 0. The molecule has 2 aromatic carbocycles. The second kappa shape index (κ2) is 10.1. The molecule has 0 heterocycles. The monoisotopic (exact) mass is 400 g/mol. The number of hydrogen-bond donors (Lipinski definition) is 4. The Labute approximate surface area is 168 Å². The molecule has 0 saturated heterocycles. The summed E-state index contributed by atoms with van der Waals surface area (Å²) in [6.07, 6.45) is -0.0533. The molecule has 28 heavy (non-hydrogen) atoms. The first-order chi connectivity index (χ1) is 13.3. The minimum Gasteiger partial charge on any atom is -0.352 e. The molecule has 7 nitrogen and oxygen atoms in total. The van der Waals surface area contributed by atoms with Crippen LogP contribution in [-0.2, 0) is 20.9 Å². The standard InChI is InChI=1S/C20H21ClN4O3/c1-13-8-9-16(11-17(13)21)23-19(27)20(28)25-24-14(2)10-18(26)22-12-15-6-4-3-5-7-15/h3-9,11,24H,2,10,12H2,1H3,(H,22,26)(H,23,27)(H,25,28). The van der Waals surface area contributed by atoms with Crippen LogP contribution in [0.2, 0.25) is 5.02 Å². The molecule has 0 aliphatic heterocycles. The van der Waals surface area contributed by atoms with Crippen LogP contribution in [0.3, 0.4) is 0 Å². The first-order valence-corrected chi connectivity index (χ1v) is 8.85. The van der Waals surface area contributed by atoms with Crippen molar-refractivity contribution in [2.45, 2.75) is 19.9 Å². The predicted octanol–water partition coefficient (Wildman–Crippen LogP) is 2.43. The van der Waals surface area contributed by atoms with E-state index in [1.54, 1.807) is 18.2 Å². The summed E-state index contributed by atoms with van der Waals surface area (Å²) in [4.78, 5) is 35.6. The van der Waals surface area contributed by atoms with E-state index in [0.717, 1.165) is 11.1 Å². The minimum atomic E-state index is -0.928. The lowest BCUT2D eigenvalue weighted by atomic mass is 10.2. The van der Waals surface area contributed by atoms with E-state index >= 15 is 0 Å². The van der Waals surface area contributed by atoms with Gasteiger partial charge in [-0.3, -0.25) is 19.8 Å². The molecular formula is C20H21ClN4O3. The molecule has 0 bridgehead atoms. The number of hydrogen-bond acceptors (Lipinski definition) is 4. The van der Waals surface area contributed by atoms with Gasteiger partial charge < -0.3 is 16.1 Å². The van der Waals surface area contributed by atoms with Gasteiger partial charge in [-0.2, -0.15) is 0 Å². The van der Waals surface area contributed by atoms with E-state index in [0.29, 0.717) is 17.3 Å². The van der Waals surface area contributed by atoms with E-state index in [1.165, 1.54) is 0 Å². The Morgan fingerprint density at radius 1 is 1.00 bits per heavy atom. The van der Waals surface area contributed by atoms with Crippen molar-refractivity contribution in [1.82, 2.24) is 16.2 Å². The van der Waals surface area contributed by atoms with Gasteiger partial charge in [0.15, 0.2) is 0 Å². The lowest BCUT2D eigenvalue weighted by Gasteiger charge is -2.12. The molecule has 0 radical (unpaired) electrons. The van der Waals surface area contributed by atoms with Crippen molar-refractivity contribution in [3.8, 4) is 0 Å². The molecule has 2 aromatic rings. The van der Waals surface area contributed by atoms with Crippen LogP contribution in [0.25, 0.3) is 0 Å². The van der Waals surface area contributed by atoms with E-state index in [2.05, 4.69) is 28.1 Å². The Kier molecular flexibility index (Phi) is 7.59. The number of amides is 3. The second-order valence-corrected chi connectivity index (χ2v) is 6.45. The molecule has 0 saturated carbocycles. The third kappa shape index (κ3) is 6.77.